The summed E-state index contributed by atoms with van der Waals surface area (Å²) in [4.78, 5) is 23.2. The molecule has 2 N–H and O–H groups in total. The maximum Gasteiger partial charge on any atom is 0.416 e. The van der Waals surface area contributed by atoms with E-state index in [-0.39, 0.29) is 39.7 Å². The second-order valence-corrected chi connectivity index (χ2v) is 12.0. The Labute approximate surface area is 239 Å². The van der Waals surface area contributed by atoms with Crippen molar-refractivity contribution in [1.29, 1.82) is 0 Å². The van der Waals surface area contributed by atoms with Crippen molar-refractivity contribution in [2.75, 3.05) is 30.3 Å². The molecule has 1 fully saturated rings. The van der Waals surface area contributed by atoms with Gasteiger partial charge >= 0.3 is 6.18 Å². The van der Waals surface area contributed by atoms with Gasteiger partial charge in [-0.25, -0.2) is 22.4 Å². The van der Waals surface area contributed by atoms with Crippen molar-refractivity contribution in [2.45, 2.75) is 36.9 Å². The highest BCUT2D eigenvalue weighted by molar-refractivity contribution is 7.90. The number of aromatic nitrogens is 3. The summed E-state index contributed by atoms with van der Waals surface area (Å²) < 4.78 is 66.9. The first-order valence-electron chi connectivity index (χ1n) is 12.7. The van der Waals surface area contributed by atoms with Gasteiger partial charge in [-0.3, -0.25) is 4.79 Å². The standard InChI is InChI=1S/C27H26ClF3N6O3S/c1-17-4-6-22(7-5-17)41(39,40)37-10-8-23-25(33-16-34-26(23)37)35-20-3-2-9-36(15-20)24(38)14-32-21-12-18(27(29,30)31)11-19(28)13-21/h4-8,10-13,16,20,32H,2-3,9,14-15H2,1H3,(H,33,34,35)/t20-/m0/s1. The Kier molecular flexibility index (Phi) is 7.84. The van der Waals surface area contributed by atoms with E-state index in [4.69, 9.17) is 11.6 Å². The van der Waals surface area contributed by atoms with Crippen molar-refractivity contribution in [3.05, 3.63) is 77.2 Å². The first-order chi connectivity index (χ1) is 19.4. The molecule has 5 rings (SSSR count). The number of carbonyl (C=O) groups is 1. The molecule has 2 aromatic carbocycles. The third-order valence-electron chi connectivity index (χ3n) is 6.81. The van der Waals surface area contributed by atoms with Crippen molar-refractivity contribution in [2.24, 2.45) is 0 Å². The summed E-state index contributed by atoms with van der Waals surface area (Å²) in [6, 6.07) is 11.0. The van der Waals surface area contributed by atoms with Gasteiger partial charge in [-0.2, -0.15) is 13.2 Å². The fourth-order valence-electron chi connectivity index (χ4n) is 4.72. The molecule has 4 aromatic rings. The van der Waals surface area contributed by atoms with Gasteiger partial charge in [-0.15, -0.1) is 0 Å². The predicted octanol–water partition coefficient (Wildman–Crippen LogP) is 5.16. The van der Waals surface area contributed by atoms with Crippen molar-refractivity contribution in [1.82, 2.24) is 18.8 Å². The maximum absolute atomic E-state index is 13.3. The Hall–Kier alpha value is -3.84. The number of amides is 1. The highest BCUT2D eigenvalue weighted by Crippen LogP contribution is 2.33. The van der Waals surface area contributed by atoms with E-state index in [2.05, 4.69) is 20.6 Å². The number of rotatable bonds is 7. The molecule has 0 aliphatic carbocycles. The molecule has 0 unspecified atom stereocenters. The molecule has 0 saturated carbocycles. The number of fused-ring (bicyclic) bond motifs is 1. The van der Waals surface area contributed by atoms with Crippen LogP contribution in [0.3, 0.4) is 0 Å². The number of likely N-dealkylation sites (tertiary alicyclic amines) is 1. The zero-order valence-electron chi connectivity index (χ0n) is 21.8. The molecule has 1 aliphatic heterocycles. The molecule has 2 aromatic heterocycles. The lowest BCUT2D eigenvalue weighted by Crippen LogP contribution is -2.47. The van der Waals surface area contributed by atoms with Crippen molar-refractivity contribution < 1.29 is 26.4 Å². The van der Waals surface area contributed by atoms with E-state index >= 15 is 0 Å². The number of nitrogens with one attached hydrogen (secondary N) is 2. The lowest BCUT2D eigenvalue weighted by molar-refractivity contribution is -0.137. The number of piperidine rings is 1. The minimum atomic E-state index is -4.56. The van der Waals surface area contributed by atoms with Gasteiger partial charge in [0.15, 0.2) is 5.65 Å². The molecule has 0 radical (unpaired) electrons. The van der Waals surface area contributed by atoms with Gasteiger partial charge in [0, 0.05) is 36.0 Å². The number of nitrogens with zero attached hydrogens (tertiary/aromatic N) is 4. The minimum absolute atomic E-state index is 0.0892. The van der Waals surface area contributed by atoms with Crippen LogP contribution in [0.15, 0.2) is 66.0 Å². The maximum atomic E-state index is 13.3. The van der Waals surface area contributed by atoms with Crippen molar-refractivity contribution >= 4 is 50.1 Å². The molecule has 216 valence electrons. The van der Waals surface area contributed by atoms with Gasteiger partial charge in [0.25, 0.3) is 10.0 Å². The number of benzene rings is 2. The normalized spacial score (nSPS) is 16.1. The van der Waals surface area contributed by atoms with Crippen molar-refractivity contribution in [3.8, 4) is 0 Å². The van der Waals surface area contributed by atoms with E-state index < -0.39 is 21.8 Å². The molecular weight excluding hydrogens is 581 g/mol. The van der Waals surface area contributed by atoms with Crippen LogP contribution in [0.4, 0.5) is 24.7 Å². The number of aryl methyl sites for hydroxylation is 1. The second kappa shape index (κ2) is 11.2. The zero-order chi connectivity index (χ0) is 29.4. The van der Waals surface area contributed by atoms with E-state index in [9.17, 15) is 26.4 Å². The first-order valence-corrected chi connectivity index (χ1v) is 14.5. The molecule has 3 heterocycles. The van der Waals surface area contributed by atoms with Crippen LogP contribution in [-0.2, 0) is 21.0 Å². The summed E-state index contributed by atoms with van der Waals surface area (Å²) in [6.45, 7) is 2.49. The quantitative estimate of drug-likeness (QED) is 0.299. The van der Waals surface area contributed by atoms with Gasteiger partial charge in [0.05, 0.1) is 22.4 Å². The molecule has 0 bridgehead atoms. The van der Waals surface area contributed by atoms with Crippen LogP contribution in [0.25, 0.3) is 11.0 Å². The van der Waals surface area contributed by atoms with Crippen LogP contribution >= 0.6 is 11.6 Å². The van der Waals surface area contributed by atoms with E-state index in [1.807, 2.05) is 6.92 Å². The first kappa shape index (κ1) is 28.7. The fraction of sp³-hybridized carbons (Fsp3) is 0.296. The summed E-state index contributed by atoms with van der Waals surface area (Å²) in [5.41, 5.74) is 0.346. The van der Waals surface area contributed by atoms with E-state index in [1.165, 1.54) is 18.6 Å². The molecule has 1 atom stereocenters. The van der Waals surface area contributed by atoms with Crippen LogP contribution < -0.4 is 10.6 Å². The topological polar surface area (TPSA) is 109 Å². The molecule has 1 saturated heterocycles. The second-order valence-electron chi connectivity index (χ2n) is 9.79. The van der Waals surface area contributed by atoms with Gasteiger partial charge in [-0.1, -0.05) is 29.3 Å². The Morgan fingerprint density at radius 1 is 1.12 bits per heavy atom. The van der Waals surface area contributed by atoms with E-state index in [0.29, 0.717) is 30.7 Å². The Bertz CT molecular complexity index is 1690. The molecule has 9 nitrogen and oxygen atoms in total. The number of halogens is 4. The number of anilines is 2. The van der Waals surface area contributed by atoms with Crippen LogP contribution in [0, 0.1) is 6.92 Å². The van der Waals surface area contributed by atoms with Crippen LogP contribution in [-0.4, -0.2) is 58.8 Å². The number of carbonyl (C=O) groups excluding carboxylic acids is 1. The molecule has 14 heteroatoms. The lowest BCUT2D eigenvalue weighted by Gasteiger charge is -2.33. The third kappa shape index (κ3) is 6.25. The van der Waals surface area contributed by atoms with Crippen LogP contribution in [0.2, 0.25) is 5.02 Å². The predicted molar refractivity (Wildman–Crippen MR) is 149 cm³/mol. The highest BCUT2D eigenvalue weighted by atomic mass is 35.5. The monoisotopic (exact) mass is 606 g/mol. The fourth-order valence-corrected chi connectivity index (χ4v) is 6.26. The van der Waals surface area contributed by atoms with E-state index in [1.54, 1.807) is 35.2 Å². The van der Waals surface area contributed by atoms with E-state index in [0.717, 1.165) is 28.1 Å². The summed E-state index contributed by atoms with van der Waals surface area (Å²) in [5.74, 6) is 0.150. The molecule has 1 amide bonds. The largest absolute Gasteiger partial charge is 0.416 e. The Morgan fingerprint density at radius 3 is 2.61 bits per heavy atom. The molecule has 1 aliphatic rings. The van der Waals surface area contributed by atoms with Gasteiger partial charge in [0.2, 0.25) is 5.91 Å². The zero-order valence-corrected chi connectivity index (χ0v) is 23.4. The average Bonchev–Trinajstić information content (AvgIpc) is 3.38. The lowest BCUT2D eigenvalue weighted by atomic mass is 10.1. The molecule has 0 spiro atoms. The molecule has 41 heavy (non-hydrogen) atoms. The summed E-state index contributed by atoms with van der Waals surface area (Å²) in [6.07, 6.45) is -0.427. The Balaban J connectivity index is 1.27. The van der Waals surface area contributed by atoms with Gasteiger partial charge in [-0.05, 0) is 56.2 Å². The van der Waals surface area contributed by atoms with Crippen LogP contribution in [0.5, 0.6) is 0 Å². The number of hydrogen-bond donors (Lipinski definition) is 2. The highest BCUT2D eigenvalue weighted by Gasteiger charge is 2.31. The minimum Gasteiger partial charge on any atom is -0.376 e. The SMILES string of the molecule is Cc1ccc(S(=O)(=O)n2ccc3c(N[C@H]4CCCN(C(=O)CNc5cc(Cl)cc(C(F)(F)F)c5)C4)ncnc32)cc1. The average molecular weight is 607 g/mol. The summed E-state index contributed by atoms with van der Waals surface area (Å²) in [5, 5.41) is 6.47. The Morgan fingerprint density at radius 2 is 1.88 bits per heavy atom. The number of hydrogen-bond acceptors (Lipinski definition) is 7. The van der Waals surface area contributed by atoms with Gasteiger partial charge in [0.1, 0.15) is 12.1 Å². The smallest absolute Gasteiger partial charge is 0.376 e. The molecular formula is C27H26ClF3N6O3S. The summed E-state index contributed by atoms with van der Waals surface area (Å²) in [7, 11) is -3.88. The summed E-state index contributed by atoms with van der Waals surface area (Å²) >= 11 is 5.83. The number of alkyl halides is 3. The van der Waals surface area contributed by atoms with Gasteiger partial charge < -0.3 is 15.5 Å². The van der Waals surface area contributed by atoms with Crippen LogP contribution in [0.1, 0.15) is 24.0 Å². The van der Waals surface area contributed by atoms with Crippen molar-refractivity contribution in [3.63, 3.8) is 0 Å². The third-order valence-corrected chi connectivity index (χ3v) is 8.71.